The minimum Gasteiger partial charge on any atom is -0.478 e. The Bertz CT molecular complexity index is 1550. The average Bonchev–Trinajstić information content (AvgIpc) is 3.07. The quantitative estimate of drug-likeness (QED) is 0.416. The van der Waals surface area contributed by atoms with Gasteiger partial charge in [0.2, 0.25) is 5.91 Å². The van der Waals surface area contributed by atoms with Crippen LogP contribution in [0.25, 0.3) is 11.1 Å². The van der Waals surface area contributed by atoms with Crippen LogP contribution in [-0.2, 0) is 22.6 Å². The van der Waals surface area contributed by atoms with E-state index in [0.29, 0.717) is 45.0 Å². The lowest BCUT2D eigenvalue weighted by atomic mass is 9.92. The van der Waals surface area contributed by atoms with Gasteiger partial charge in [0.15, 0.2) is 5.60 Å². The number of rotatable bonds is 6. The van der Waals surface area contributed by atoms with E-state index < -0.39 is 11.7 Å². The molecule has 3 aliphatic heterocycles. The highest BCUT2D eigenvalue weighted by Crippen LogP contribution is 2.31. The van der Waals surface area contributed by atoms with Crippen LogP contribution in [0.4, 0.5) is 10.5 Å². The van der Waals surface area contributed by atoms with Gasteiger partial charge in [-0.1, -0.05) is 54.6 Å². The van der Waals surface area contributed by atoms with Crippen molar-refractivity contribution in [3.8, 4) is 16.9 Å². The Hall–Kier alpha value is -4.53. The molecule has 3 aromatic carbocycles. The summed E-state index contributed by atoms with van der Waals surface area (Å²) in [5, 5.41) is 9.21. The molecule has 3 aromatic rings. The zero-order valence-corrected chi connectivity index (χ0v) is 26.2. The van der Waals surface area contributed by atoms with Gasteiger partial charge in [-0.3, -0.25) is 9.59 Å². The largest absolute Gasteiger partial charge is 0.478 e. The van der Waals surface area contributed by atoms with Crippen molar-refractivity contribution in [2.45, 2.75) is 45.3 Å². The van der Waals surface area contributed by atoms with E-state index in [1.165, 1.54) is 27.2 Å². The molecule has 0 bridgehead atoms. The molecule has 9 heteroatoms. The fraction of sp³-hybridized carbons (Fsp3) is 0.417. The second-order valence-electron chi connectivity index (χ2n) is 12.8. The predicted octanol–water partition coefficient (Wildman–Crippen LogP) is 5.13. The van der Waals surface area contributed by atoms with Gasteiger partial charge in [-0.25, -0.2) is 4.79 Å². The first-order valence-corrected chi connectivity index (χ1v) is 16.0. The SMILES string of the molecule is CC(C)(Oc1cccc(N2CCC[C@@H](C(=O)N3CCc4cc(-c5ccccc5)ccc4C3)C2)c1)C(=O)N1CCN(C(=O)O)CC1. The first kappa shape index (κ1) is 30.5. The second kappa shape index (κ2) is 12.8. The molecule has 236 valence electrons. The number of benzene rings is 3. The van der Waals surface area contributed by atoms with E-state index in [1.54, 1.807) is 18.7 Å². The molecule has 1 atom stereocenters. The van der Waals surface area contributed by atoms with Crippen molar-refractivity contribution in [2.24, 2.45) is 5.92 Å². The molecule has 45 heavy (non-hydrogen) atoms. The molecule has 3 amide bonds. The highest BCUT2D eigenvalue weighted by atomic mass is 16.5. The van der Waals surface area contributed by atoms with E-state index in [-0.39, 0.29) is 17.7 Å². The van der Waals surface area contributed by atoms with Crippen molar-refractivity contribution in [1.29, 1.82) is 0 Å². The smallest absolute Gasteiger partial charge is 0.407 e. The summed E-state index contributed by atoms with van der Waals surface area (Å²) in [6.07, 6.45) is 1.70. The molecular weight excluding hydrogens is 568 g/mol. The highest BCUT2D eigenvalue weighted by Gasteiger charge is 2.37. The van der Waals surface area contributed by atoms with Crippen LogP contribution in [0, 0.1) is 5.92 Å². The lowest BCUT2D eigenvalue weighted by Gasteiger charge is -2.38. The van der Waals surface area contributed by atoms with Crippen molar-refractivity contribution in [3.63, 3.8) is 0 Å². The normalized spacial score (nSPS) is 18.8. The van der Waals surface area contributed by atoms with Crippen molar-refractivity contribution >= 4 is 23.6 Å². The summed E-state index contributed by atoms with van der Waals surface area (Å²) in [7, 11) is 0. The fourth-order valence-electron chi connectivity index (χ4n) is 6.79. The van der Waals surface area contributed by atoms with E-state index >= 15 is 0 Å². The van der Waals surface area contributed by atoms with E-state index in [2.05, 4.69) is 47.4 Å². The van der Waals surface area contributed by atoms with Crippen LogP contribution in [-0.4, -0.2) is 89.1 Å². The van der Waals surface area contributed by atoms with Crippen LogP contribution in [0.2, 0.25) is 0 Å². The van der Waals surface area contributed by atoms with Crippen LogP contribution in [0.15, 0.2) is 72.8 Å². The number of carbonyl (C=O) groups is 3. The molecule has 0 saturated carbocycles. The second-order valence-corrected chi connectivity index (χ2v) is 12.8. The van der Waals surface area contributed by atoms with Crippen molar-refractivity contribution in [1.82, 2.24) is 14.7 Å². The standard InChI is InChI=1S/C36H42N4O5/c1-36(2,34(42)37-18-20-38(21-19-37)35(43)44)45-32-12-6-11-31(23-32)39-16-7-10-30(25-39)33(41)40-17-15-28-22-27(13-14-29(28)24-40)26-8-4-3-5-9-26/h3-6,8-9,11-14,22-23,30H,7,10,15-21,24-25H2,1-2H3,(H,43,44)/t30-/m1/s1. The minimum absolute atomic E-state index is 0.0732. The maximum Gasteiger partial charge on any atom is 0.407 e. The van der Waals surface area contributed by atoms with Crippen molar-refractivity contribution in [2.75, 3.05) is 50.7 Å². The van der Waals surface area contributed by atoms with Gasteiger partial charge >= 0.3 is 6.09 Å². The van der Waals surface area contributed by atoms with Gasteiger partial charge in [-0.2, -0.15) is 0 Å². The fourth-order valence-corrected chi connectivity index (χ4v) is 6.79. The summed E-state index contributed by atoms with van der Waals surface area (Å²) >= 11 is 0. The monoisotopic (exact) mass is 610 g/mol. The number of hydrogen-bond acceptors (Lipinski definition) is 5. The lowest BCUT2D eigenvalue weighted by molar-refractivity contribution is -0.147. The number of carbonyl (C=O) groups excluding carboxylic acids is 2. The number of carboxylic acid groups (broad SMARTS) is 1. The molecule has 2 fully saturated rings. The molecule has 6 rings (SSSR count). The van der Waals surface area contributed by atoms with Crippen LogP contribution in [0.3, 0.4) is 0 Å². The van der Waals surface area contributed by atoms with Crippen LogP contribution in [0.5, 0.6) is 5.75 Å². The molecular formula is C36H42N4O5. The van der Waals surface area contributed by atoms with Gasteiger partial charge in [0.05, 0.1) is 5.92 Å². The Balaban J connectivity index is 1.07. The first-order valence-electron chi connectivity index (χ1n) is 16.0. The Kier molecular flexibility index (Phi) is 8.70. The van der Waals surface area contributed by atoms with E-state index in [9.17, 15) is 19.5 Å². The third-order valence-electron chi connectivity index (χ3n) is 9.32. The molecule has 0 aliphatic carbocycles. The number of amides is 3. The maximum absolute atomic E-state index is 13.8. The van der Waals surface area contributed by atoms with Gasteiger partial charge in [0.1, 0.15) is 5.75 Å². The number of piperazine rings is 1. The summed E-state index contributed by atoms with van der Waals surface area (Å²) in [6, 6.07) is 24.8. The zero-order valence-electron chi connectivity index (χ0n) is 26.2. The molecule has 1 N–H and O–H groups in total. The predicted molar refractivity (Wildman–Crippen MR) is 173 cm³/mol. The van der Waals surface area contributed by atoms with Gasteiger partial charge < -0.3 is 29.4 Å². The minimum atomic E-state index is -1.11. The van der Waals surface area contributed by atoms with E-state index in [4.69, 9.17) is 4.74 Å². The molecule has 0 radical (unpaired) electrons. The number of anilines is 1. The summed E-state index contributed by atoms with van der Waals surface area (Å²) in [5.74, 6) is 0.572. The Morgan fingerprint density at radius 1 is 0.778 bits per heavy atom. The van der Waals surface area contributed by atoms with Crippen molar-refractivity contribution in [3.05, 3.63) is 83.9 Å². The van der Waals surface area contributed by atoms with Crippen molar-refractivity contribution < 1.29 is 24.2 Å². The summed E-state index contributed by atoms with van der Waals surface area (Å²) < 4.78 is 6.24. The van der Waals surface area contributed by atoms with Gasteiger partial charge in [-0.05, 0) is 67.5 Å². The van der Waals surface area contributed by atoms with E-state index in [1.807, 2.05) is 35.2 Å². The lowest BCUT2D eigenvalue weighted by Crippen LogP contribution is -2.56. The number of piperidine rings is 1. The first-order chi connectivity index (χ1) is 21.7. The van der Waals surface area contributed by atoms with Gasteiger partial charge in [-0.15, -0.1) is 0 Å². The number of fused-ring (bicyclic) bond motifs is 1. The molecule has 3 aliphatic rings. The molecule has 0 aromatic heterocycles. The van der Waals surface area contributed by atoms with Crippen LogP contribution >= 0.6 is 0 Å². The van der Waals surface area contributed by atoms with Gasteiger partial charge in [0, 0.05) is 64.1 Å². The van der Waals surface area contributed by atoms with Crippen LogP contribution in [0.1, 0.15) is 37.8 Å². The molecule has 9 nitrogen and oxygen atoms in total. The van der Waals surface area contributed by atoms with Crippen LogP contribution < -0.4 is 9.64 Å². The highest BCUT2D eigenvalue weighted by molar-refractivity contribution is 5.85. The Labute approximate surface area is 265 Å². The third kappa shape index (κ3) is 6.77. The number of hydrogen-bond donors (Lipinski definition) is 1. The summed E-state index contributed by atoms with van der Waals surface area (Å²) in [4.78, 5) is 45.6. The Morgan fingerprint density at radius 2 is 1.53 bits per heavy atom. The Morgan fingerprint density at radius 3 is 2.29 bits per heavy atom. The maximum atomic E-state index is 13.8. The molecule has 0 unspecified atom stereocenters. The zero-order chi connectivity index (χ0) is 31.6. The molecule has 3 heterocycles. The number of ether oxygens (including phenoxy) is 1. The summed E-state index contributed by atoms with van der Waals surface area (Å²) in [5.41, 5.74) is 4.84. The number of nitrogens with zero attached hydrogens (tertiary/aromatic N) is 4. The molecule has 0 spiro atoms. The average molecular weight is 611 g/mol. The summed E-state index contributed by atoms with van der Waals surface area (Å²) in [6.45, 7) is 7.66. The third-order valence-corrected chi connectivity index (χ3v) is 9.32. The topological polar surface area (TPSA) is 93.6 Å². The molecule has 2 saturated heterocycles. The van der Waals surface area contributed by atoms with E-state index in [0.717, 1.165) is 38.0 Å². The van der Waals surface area contributed by atoms with Gasteiger partial charge in [0.25, 0.3) is 5.91 Å².